The molecule has 0 saturated heterocycles. The van der Waals surface area contributed by atoms with Crippen molar-refractivity contribution in [3.63, 3.8) is 0 Å². The first-order chi connectivity index (χ1) is 11.9. The van der Waals surface area contributed by atoms with Gasteiger partial charge in [-0.25, -0.2) is 16.8 Å². The average molecular weight is 394 g/mol. The van der Waals surface area contributed by atoms with Crippen LogP contribution in [0.1, 0.15) is 0 Å². The molecule has 0 bridgehead atoms. The van der Waals surface area contributed by atoms with E-state index in [1.807, 2.05) is 0 Å². The van der Waals surface area contributed by atoms with Crippen molar-refractivity contribution in [3.05, 3.63) is 66.7 Å². The number of sulfone groups is 2. The zero-order valence-electron chi connectivity index (χ0n) is 13.2. The predicted molar refractivity (Wildman–Crippen MR) is 97.7 cm³/mol. The standard InChI is InChI=1S/C17H15NO4S3/c1-18-16-11-12-17(23-16)25(21,22)15-9-7-14(8-10-15)24(19,20)13-5-3-2-4-6-13/h2-12,18H,1H3. The van der Waals surface area contributed by atoms with Crippen LogP contribution in [0.5, 0.6) is 0 Å². The molecule has 0 amide bonds. The van der Waals surface area contributed by atoms with Crippen LogP contribution in [0.3, 0.4) is 0 Å². The molecule has 8 heteroatoms. The van der Waals surface area contributed by atoms with E-state index < -0.39 is 19.7 Å². The van der Waals surface area contributed by atoms with Gasteiger partial charge in [-0.05, 0) is 48.5 Å². The van der Waals surface area contributed by atoms with E-state index in [9.17, 15) is 16.8 Å². The topological polar surface area (TPSA) is 80.3 Å². The highest BCUT2D eigenvalue weighted by Crippen LogP contribution is 2.31. The van der Waals surface area contributed by atoms with Crippen molar-refractivity contribution < 1.29 is 16.8 Å². The van der Waals surface area contributed by atoms with Crippen molar-refractivity contribution in [2.75, 3.05) is 12.4 Å². The Kier molecular flexibility index (Phi) is 4.68. The summed E-state index contributed by atoms with van der Waals surface area (Å²) in [5, 5.41) is 3.63. The highest BCUT2D eigenvalue weighted by atomic mass is 32.2. The Balaban J connectivity index is 1.98. The molecular formula is C17H15NO4S3. The van der Waals surface area contributed by atoms with E-state index in [-0.39, 0.29) is 18.9 Å². The van der Waals surface area contributed by atoms with Gasteiger partial charge in [0.1, 0.15) is 4.21 Å². The number of nitrogens with one attached hydrogen (secondary N) is 1. The van der Waals surface area contributed by atoms with Crippen LogP contribution in [0.2, 0.25) is 0 Å². The molecule has 0 unspecified atom stereocenters. The van der Waals surface area contributed by atoms with Gasteiger partial charge in [0.2, 0.25) is 19.7 Å². The third kappa shape index (κ3) is 3.33. The maximum absolute atomic E-state index is 12.6. The van der Waals surface area contributed by atoms with Crippen molar-refractivity contribution >= 4 is 36.0 Å². The Labute approximate surface area is 150 Å². The maximum atomic E-state index is 12.6. The van der Waals surface area contributed by atoms with E-state index in [0.29, 0.717) is 0 Å². The van der Waals surface area contributed by atoms with Crippen LogP contribution in [0.25, 0.3) is 0 Å². The van der Waals surface area contributed by atoms with Crippen LogP contribution in [0.4, 0.5) is 5.00 Å². The molecule has 0 saturated carbocycles. The summed E-state index contributed by atoms with van der Waals surface area (Å²) in [7, 11) is -5.63. The van der Waals surface area contributed by atoms with Crippen molar-refractivity contribution in [1.29, 1.82) is 0 Å². The van der Waals surface area contributed by atoms with Crippen LogP contribution >= 0.6 is 11.3 Å². The second kappa shape index (κ2) is 6.62. The monoisotopic (exact) mass is 393 g/mol. The quantitative estimate of drug-likeness (QED) is 0.718. The molecule has 25 heavy (non-hydrogen) atoms. The fourth-order valence-corrected chi connectivity index (χ4v) is 6.09. The Hall–Kier alpha value is -2.16. The van der Waals surface area contributed by atoms with E-state index in [2.05, 4.69) is 5.32 Å². The third-order valence-electron chi connectivity index (χ3n) is 3.59. The van der Waals surface area contributed by atoms with Gasteiger partial charge in [-0.15, -0.1) is 11.3 Å². The summed E-state index contributed by atoms with van der Waals surface area (Å²) in [6, 6.07) is 16.5. The molecule has 3 aromatic rings. The summed E-state index contributed by atoms with van der Waals surface area (Å²) in [4.78, 5) is 0.284. The summed E-state index contributed by atoms with van der Waals surface area (Å²) >= 11 is 1.12. The molecule has 0 aliphatic heterocycles. The first kappa shape index (κ1) is 17.7. The second-order valence-corrected chi connectivity index (χ2v) is 10.4. The molecule has 0 spiro atoms. The molecule has 2 aromatic carbocycles. The fraction of sp³-hybridized carbons (Fsp3) is 0.0588. The summed E-state index contributed by atoms with van der Waals surface area (Å²) in [5.74, 6) is 0. The van der Waals surface area contributed by atoms with Gasteiger partial charge < -0.3 is 5.32 Å². The number of thiophene rings is 1. The molecule has 0 aliphatic carbocycles. The van der Waals surface area contributed by atoms with Crippen molar-refractivity contribution in [3.8, 4) is 0 Å². The minimum Gasteiger partial charge on any atom is -0.380 e. The number of rotatable bonds is 5. The van der Waals surface area contributed by atoms with Gasteiger partial charge in [0.25, 0.3) is 0 Å². The molecule has 0 aliphatic rings. The van der Waals surface area contributed by atoms with Crippen LogP contribution in [0.15, 0.2) is 85.6 Å². The lowest BCUT2D eigenvalue weighted by atomic mass is 10.4. The van der Waals surface area contributed by atoms with E-state index in [1.165, 1.54) is 42.5 Å². The largest absolute Gasteiger partial charge is 0.380 e. The first-order valence-corrected chi connectivity index (χ1v) is 11.1. The van der Waals surface area contributed by atoms with E-state index in [4.69, 9.17) is 0 Å². The average Bonchev–Trinajstić information content (AvgIpc) is 3.12. The Bertz CT molecular complexity index is 1080. The van der Waals surface area contributed by atoms with Gasteiger partial charge in [-0.3, -0.25) is 0 Å². The molecule has 1 aromatic heterocycles. The van der Waals surface area contributed by atoms with Crippen LogP contribution in [-0.4, -0.2) is 23.9 Å². The molecular weight excluding hydrogens is 378 g/mol. The molecule has 1 heterocycles. The van der Waals surface area contributed by atoms with Crippen LogP contribution in [-0.2, 0) is 19.7 Å². The molecule has 0 fully saturated rings. The van der Waals surface area contributed by atoms with E-state index in [1.54, 1.807) is 31.3 Å². The Morgan fingerprint density at radius 2 is 1.20 bits per heavy atom. The molecule has 130 valence electrons. The second-order valence-electron chi connectivity index (χ2n) is 5.16. The fourth-order valence-electron chi connectivity index (χ4n) is 2.25. The van der Waals surface area contributed by atoms with Gasteiger partial charge in [0.15, 0.2) is 0 Å². The highest BCUT2D eigenvalue weighted by molar-refractivity contribution is 7.93. The van der Waals surface area contributed by atoms with Gasteiger partial charge in [0.05, 0.1) is 19.7 Å². The molecule has 0 radical (unpaired) electrons. The van der Waals surface area contributed by atoms with Crippen LogP contribution in [0, 0.1) is 0 Å². The lowest BCUT2D eigenvalue weighted by molar-refractivity contribution is 0.593. The van der Waals surface area contributed by atoms with Gasteiger partial charge in [-0.2, -0.15) is 0 Å². The molecule has 3 rings (SSSR count). The highest BCUT2D eigenvalue weighted by Gasteiger charge is 2.22. The molecule has 1 N–H and O–H groups in total. The third-order valence-corrected chi connectivity index (χ3v) is 8.74. The lowest BCUT2D eigenvalue weighted by Crippen LogP contribution is -2.04. The molecule has 5 nitrogen and oxygen atoms in total. The minimum absolute atomic E-state index is 0.0553. The normalized spacial score (nSPS) is 12.0. The van der Waals surface area contributed by atoms with Gasteiger partial charge in [-0.1, -0.05) is 18.2 Å². The summed E-state index contributed by atoms with van der Waals surface area (Å²) in [6.45, 7) is 0. The van der Waals surface area contributed by atoms with Gasteiger partial charge in [0, 0.05) is 7.05 Å². The van der Waals surface area contributed by atoms with Crippen molar-refractivity contribution in [2.24, 2.45) is 0 Å². The van der Waals surface area contributed by atoms with Crippen molar-refractivity contribution in [1.82, 2.24) is 0 Å². The Morgan fingerprint density at radius 1 is 0.680 bits per heavy atom. The summed E-state index contributed by atoms with van der Waals surface area (Å²) < 4.78 is 50.6. The number of hydrogen-bond donors (Lipinski definition) is 1. The Morgan fingerprint density at radius 3 is 1.72 bits per heavy atom. The van der Waals surface area contributed by atoms with Crippen molar-refractivity contribution in [2.45, 2.75) is 18.9 Å². The minimum atomic E-state index is -3.67. The number of hydrogen-bond acceptors (Lipinski definition) is 6. The SMILES string of the molecule is CNc1ccc(S(=O)(=O)c2ccc(S(=O)(=O)c3ccccc3)cc2)s1. The smallest absolute Gasteiger partial charge is 0.216 e. The zero-order chi connectivity index (χ0) is 18.1. The zero-order valence-corrected chi connectivity index (χ0v) is 15.7. The van der Waals surface area contributed by atoms with Crippen LogP contribution < -0.4 is 5.32 Å². The predicted octanol–water partition coefficient (Wildman–Crippen LogP) is 3.46. The summed E-state index contributed by atoms with van der Waals surface area (Å²) in [6.07, 6.45) is 0. The lowest BCUT2D eigenvalue weighted by Gasteiger charge is -2.06. The first-order valence-electron chi connectivity index (χ1n) is 7.28. The van der Waals surface area contributed by atoms with E-state index >= 15 is 0 Å². The summed E-state index contributed by atoms with van der Waals surface area (Å²) in [5.41, 5.74) is 0. The van der Waals surface area contributed by atoms with Gasteiger partial charge >= 0.3 is 0 Å². The number of benzene rings is 2. The maximum Gasteiger partial charge on any atom is 0.216 e. The molecule has 0 atom stereocenters. The number of anilines is 1. The van der Waals surface area contributed by atoms with E-state index in [0.717, 1.165) is 16.3 Å².